The van der Waals surface area contributed by atoms with E-state index in [9.17, 15) is 4.79 Å². The van der Waals surface area contributed by atoms with Crippen LogP contribution in [0.5, 0.6) is 5.75 Å². The summed E-state index contributed by atoms with van der Waals surface area (Å²) in [6.07, 6.45) is 2.92. The lowest BCUT2D eigenvalue weighted by molar-refractivity contribution is -0.128. The fraction of sp³-hybridized carbons (Fsp3) is 0.438. The number of benzene rings is 1. The second-order valence-electron chi connectivity index (χ2n) is 5.78. The van der Waals surface area contributed by atoms with E-state index in [1.54, 1.807) is 0 Å². The van der Waals surface area contributed by atoms with Gasteiger partial charge in [0.1, 0.15) is 12.4 Å². The summed E-state index contributed by atoms with van der Waals surface area (Å²) in [6.45, 7) is 3.81. The molecule has 2 atom stereocenters. The number of rotatable bonds is 2. The number of hydrogen-bond acceptors (Lipinski definition) is 3. The second kappa shape index (κ2) is 5.81. The van der Waals surface area contributed by atoms with Crippen molar-refractivity contribution in [3.8, 4) is 5.75 Å². The first-order valence-corrected chi connectivity index (χ1v) is 8.01. The van der Waals surface area contributed by atoms with Gasteiger partial charge in [-0.3, -0.25) is 4.79 Å². The normalized spacial score (nSPS) is 24.3. The third kappa shape index (κ3) is 2.85. The van der Waals surface area contributed by atoms with Gasteiger partial charge in [0, 0.05) is 22.6 Å². The smallest absolute Gasteiger partial charge is 0.253 e. The number of carbonyl (C=O) groups excluding carboxylic acids is 1. The third-order valence-corrected chi connectivity index (χ3v) is 4.71. The molecule has 2 aliphatic rings. The molecule has 0 aliphatic carbocycles. The van der Waals surface area contributed by atoms with E-state index in [1.165, 1.54) is 0 Å². The minimum atomic E-state index is 0.0732. The zero-order valence-corrected chi connectivity index (χ0v) is 13.6. The predicted octanol–water partition coefficient (Wildman–Crippen LogP) is 2.42. The van der Waals surface area contributed by atoms with Crippen molar-refractivity contribution in [1.82, 2.24) is 4.90 Å². The standard InChI is InChI=1S/C16H19BrN2O2/c1-10-4-11(7-18)8-19(10)16(20)13-5-12-6-14(17)2-3-15(12)21-9-13/h2-3,5-6,10-11H,4,7-9,18H2,1H3. The average molecular weight is 351 g/mol. The lowest BCUT2D eigenvalue weighted by atomic mass is 10.1. The first-order valence-electron chi connectivity index (χ1n) is 7.22. The van der Waals surface area contributed by atoms with Gasteiger partial charge in [0.25, 0.3) is 5.91 Å². The largest absolute Gasteiger partial charge is 0.488 e. The fourth-order valence-electron chi connectivity index (χ4n) is 3.05. The van der Waals surface area contributed by atoms with E-state index in [2.05, 4.69) is 22.9 Å². The average Bonchev–Trinajstić information content (AvgIpc) is 2.87. The SMILES string of the molecule is CC1CC(CN)CN1C(=O)C1=Cc2cc(Br)ccc2OC1. The molecular formula is C16H19BrN2O2. The molecule has 2 unspecified atom stereocenters. The van der Waals surface area contributed by atoms with Crippen LogP contribution in [0.4, 0.5) is 0 Å². The summed E-state index contributed by atoms with van der Waals surface area (Å²) in [5.41, 5.74) is 7.39. The first kappa shape index (κ1) is 14.6. The van der Waals surface area contributed by atoms with Gasteiger partial charge in [-0.25, -0.2) is 0 Å². The molecule has 1 aromatic rings. The lowest BCUT2D eigenvalue weighted by Crippen LogP contribution is -2.37. The maximum absolute atomic E-state index is 12.7. The lowest BCUT2D eigenvalue weighted by Gasteiger charge is -2.25. The van der Waals surface area contributed by atoms with Crippen molar-refractivity contribution in [1.29, 1.82) is 0 Å². The van der Waals surface area contributed by atoms with Crippen molar-refractivity contribution in [3.63, 3.8) is 0 Å². The van der Waals surface area contributed by atoms with E-state index in [0.29, 0.717) is 24.6 Å². The number of fused-ring (bicyclic) bond motifs is 1. The molecule has 0 radical (unpaired) electrons. The molecule has 1 fully saturated rings. The summed E-state index contributed by atoms with van der Waals surface area (Å²) >= 11 is 3.45. The van der Waals surface area contributed by atoms with Gasteiger partial charge in [0.05, 0.1) is 5.57 Å². The Kier molecular flexibility index (Phi) is 4.04. The van der Waals surface area contributed by atoms with Gasteiger partial charge in [0.2, 0.25) is 0 Å². The molecule has 4 nitrogen and oxygen atoms in total. The predicted molar refractivity (Wildman–Crippen MR) is 86.0 cm³/mol. The molecule has 1 amide bonds. The monoisotopic (exact) mass is 350 g/mol. The summed E-state index contributed by atoms with van der Waals surface area (Å²) in [4.78, 5) is 14.6. The molecule has 5 heteroatoms. The van der Waals surface area contributed by atoms with E-state index in [-0.39, 0.29) is 11.9 Å². The Balaban J connectivity index is 1.83. The highest BCUT2D eigenvalue weighted by atomic mass is 79.9. The third-order valence-electron chi connectivity index (χ3n) is 4.22. The minimum absolute atomic E-state index is 0.0732. The molecule has 0 spiro atoms. The number of carbonyl (C=O) groups is 1. The first-order chi connectivity index (χ1) is 10.1. The van der Waals surface area contributed by atoms with Crippen molar-refractivity contribution in [2.45, 2.75) is 19.4 Å². The highest BCUT2D eigenvalue weighted by Crippen LogP contribution is 2.31. The Morgan fingerprint density at radius 3 is 3.05 bits per heavy atom. The van der Waals surface area contributed by atoms with Crippen LogP contribution < -0.4 is 10.5 Å². The zero-order chi connectivity index (χ0) is 15.0. The van der Waals surface area contributed by atoms with Gasteiger partial charge >= 0.3 is 0 Å². The molecule has 2 heterocycles. The molecule has 2 aliphatic heterocycles. The Hall–Kier alpha value is -1.33. The molecule has 3 rings (SSSR count). The zero-order valence-electron chi connectivity index (χ0n) is 12.0. The Morgan fingerprint density at radius 2 is 2.33 bits per heavy atom. The van der Waals surface area contributed by atoms with Crippen LogP contribution in [0.25, 0.3) is 6.08 Å². The molecule has 21 heavy (non-hydrogen) atoms. The van der Waals surface area contributed by atoms with Crippen LogP contribution in [-0.4, -0.2) is 36.5 Å². The summed E-state index contributed by atoms with van der Waals surface area (Å²) in [5, 5.41) is 0. The molecular weight excluding hydrogens is 332 g/mol. The molecule has 2 N–H and O–H groups in total. The summed E-state index contributed by atoms with van der Waals surface area (Å²) < 4.78 is 6.68. The number of hydrogen-bond donors (Lipinski definition) is 1. The topological polar surface area (TPSA) is 55.6 Å². The molecule has 0 bridgehead atoms. The van der Waals surface area contributed by atoms with Crippen molar-refractivity contribution >= 4 is 27.9 Å². The number of nitrogens with zero attached hydrogens (tertiary/aromatic N) is 1. The molecule has 0 saturated carbocycles. The molecule has 0 aromatic heterocycles. The van der Waals surface area contributed by atoms with Crippen molar-refractivity contribution in [2.24, 2.45) is 11.7 Å². The Labute approximate surface area is 133 Å². The summed E-state index contributed by atoms with van der Waals surface area (Å²) in [5.74, 6) is 1.31. The Morgan fingerprint density at radius 1 is 1.52 bits per heavy atom. The quantitative estimate of drug-likeness (QED) is 0.890. The minimum Gasteiger partial charge on any atom is -0.488 e. The highest BCUT2D eigenvalue weighted by molar-refractivity contribution is 9.10. The fourth-order valence-corrected chi connectivity index (χ4v) is 3.43. The van der Waals surface area contributed by atoms with Gasteiger partial charge in [-0.05, 0) is 50.1 Å². The number of amides is 1. The number of nitrogens with two attached hydrogens (primary N) is 1. The van der Waals surface area contributed by atoms with Crippen LogP contribution >= 0.6 is 15.9 Å². The van der Waals surface area contributed by atoms with Gasteiger partial charge in [-0.1, -0.05) is 15.9 Å². The second-order valence-corrected chi connectivity index (χ2v) is 6.70. The van der Waals surface area contributed by atoms with Crippen molar-refractivity contribution in [2.75, 3.05) is 19.7 Å². The highest BCUT2D eigenvalue weighted by Gasteiger charge is 2.33. The van der Waals surface area contributed by atoms with E-state index >= 15 is 0 Å². The van der Waals surface area contributed by atoms with Gasteiger partial charge in [0.15, 0.2) is 0 Å². The molecule has 1 saturated heterocycles. The maximum atomic E-state index is 12.7. The van der Waals surface area contributed by atoms with Gasteiger partial charge in [-0.15, -0.1) is 0 Å². The van der Waals surface area contributed by atoms with E-state index in [1.807, 2.05) is 29.2 Å². The van der Waals surface area contributed by atoms with E-state index < -0.39 is 0 Å². The van der Waals surface area contributed by atoms with Crippen LogP contribution in [0.15, 0.2) is 28.2 Å². The number of halogens is 1. The van der Waals surface area contributed by atoms with Crippen molar-refractivity contribution in [3.05, 3.63) is 33.8 Å². The summed E-state index contributed by atoms with van der Waals surface area (Å²) in [6, 6.07) is 6.07. The van der Waals surface area contributed by atoms with Crippen LogP contribution in [0.1, 0.15) is 18.9 Å². The number of ether oxygens (including phenoxy) is 1. The summed E-state index contributed by atoms with van der Waals surface area (Å²) in [7, 11) is 0. The van der Waals surface area contributed by atoms with Crippen molar-refractivity contribution < 1.29 is 9.53 Å². The Bertz CT molecular complexity index is 600. The maximum Gasteiger partial charge on any atom is 0.253 e. The van der Waals surface area contributed by atoms with Crippen LogP contribution in [0, 0.1) is 5.92 Å². The number of likely N-dealkylation sites (tertiary alicyclic amines) is 1. The molecule has 112 valence electrons. The van der Waals surface area contributed by atoms with E-state index in [0.717, 1.165) is 28.8 Å². The van der Waals surface area contributed by atoms with Crippen LogP contribution in [-0.2, 0) is 4.79 Å². The van der Waals surface area contributed by atoms with Gasteiger partial charge in [-0.2, -0.15) is 0 Å². The van der Waals surface area contributed by atoms with Crippen LogP contribution in [0.3, 0.4) is 0 Å². The molecule has 1 aromatic carbocycles. The van der Waals surface area contributed by atoms with Gasteiger partial charge < -0.3 is 15.4 Å². The van der Waals surface area contributed by atoms with E-state index in [4.69, 9.17) is 10.5 Å². The van der Waals surface area contributed by atoms with Crippen LogP contribution in [0.2, 0.25) is 0 Å².